The molecule has 0 atom stereocenters. The number of fused-ring (bicyclic) bond motifs is 1. The van der Waals surface area contributed by atoms with Crippen LogP contribution in [0.1, 0.15) is 21.7 Å². The predicted molar refractivity (Wildman–Crippen MR) is 88.0 cm³/mol. The fourth-order valence-electron chi connectivity index (χ4n) is 2.49. The van der Waals surface area contributed by atoms with Crippen LogP contribution in [0.15, 0.2) is 29.6 Å². The van der Waals surface area contributed by atoms with Crippen molar-refractivity contribution in [2.75, 3.05) is 11.9 Å². The topological polar surface area (TPSA) is 79.9 Å². The van der Waals surface area contributed by atoms with Crippen LogP contribution < -0.4 is 10.1 Å². The van der Waals surface area contributed by atoms with E-state index in [1.807, 2.05) is 19.1 Å². The van der Waals surface area contributed by atoms with Crippen molar-refractivity contribution in [2.24, 2.45) is 0 Å². The molecule has 1 aliphatic rings. The highest BCUT2D eigenvalue weighted by atomic mass is 32.1. The van der Waals surface area contributed by atoms with Gasteiger partial charge in [0, 0.05) is 29.1 Å². The zero-order chi connectivity index (χ0) is 15.8. The number of rotatable bonds is 3. The van der Waals surface area contributed by atoms with Crippen LogP contribution in [0.2, 0.25) is 0 Å². The van der Waals surface area contributed by atoms with Crippen molar-refractivity contribution in [3.63, 3.8) is 0 Å². The Morgan fingerprint density at radius 1 is 1.39 bits per heavy atom. The van der Waals surface area contributed by atoms with E-state index in [1.165, 1.54) is 16.9 Å². The Bertz CT molecular complexity index is 884. The quantitative estimate of drug-likeness (QED) is 0.775. The molecule has 1 aliphatic heterocycles. The van der Waals surface area contributed by atoms with E-state index in [1.54, 1.807) is 11.4 Å². The summed E-state index contributed by atoms with van der Waals surface area (Å²) in [6.45, 7) is 2.61. The lowest BCUT2D eigenvalue weighted by molar-refractivity contribution is 0.102. The Balaban J connectivity index is 1.55. The molecule has 2 N–H and O–H groups in total. The molecular weight excluding hydrogens is 312 g/mol. The molecule has 23 heavy (non-hydrogen) atoms. The summed E-state index contributed by atoms with van der Waals surface area (Å²) in [5.74, 6) is 1.18. The van der Waals surface area contributed by atoms with Crippen LogP contribution in [0.4, 0.5) is 5.82 Å². The number of hydrogen-bond acceptors (Lipinski definition) is 5. The first-order valence-corrected chi connectivity index (χ1v) is 8.12. The standard InChI is InChI=1S/C16H14N4O2S/c1-9-6-14(20-19-9)18-15(21)12-8-23-16(17-12)11-2-3-13-10(7-11)4-5-22-13/h2-3,6-8H,4-5H2,1H3,(H2,18,19,20,21). The van der Waals surface area contributed by atoms with Crippen LogP contribution in [-0.4, -0.2) is 27.7 Å². The van der Waals surface area contributed by atoms with E-state index in [0.717, 1.165) is 35.0 Å². The average molecular weight is 326 g/mol. The van der Waals surface area contributed by atoms with E-state index < -0.39 is 0 Å². The maximum atomic E-state index is 12.2. The van der Waals surface area contributed by atoms with Gasteiger partial charge < -0.3 is 10.1 Å². The van der Waals surface area contributed by atoms with Gasteiger partial charge in [-0.2, -0.15) is 5.10 Å². The Morgan fingerprint density at radius 2 is 2.30 bits per heavy atom. The van der Waals surface area contributed by atoms with E-state index in [2.05, 4.69) is 26.6 Å². The summed E-state index contributed by atoms with van der Waals surface area (Å²) in [6, 6.07) is 7.79. The van der Waals surface area contributed by atoms with Crippen molar-refractivity contribution < 1.29 is 9.53 Å². The fourth-order valence-corrected chi connectivity index (χ4v) is 3.29. The Kier molecular flexibility index (Phi) is 3.34. The van der Waals surface area contributed by atoms with Crippen molar-refractivity contribution >= 4 is 23.1 Å². The molecule has 6 nitrogen and oxygen atoms in total. The highest BCUT2D eigenvalue weighted by molar-refractivity contribution is 7.13. The summed E-state index contributed by atoms with van der Waals surface area (Å²) < 4.78 is 5.51. The lowest BCUT2D eigenvalue weighted by atomic mass is 10.1. The van der Waals surface area contributed by atoms with Crippen molar-refractivity contribution in [3.8, 4) is 16.3 Å². The number of nitrogens with one attached hydrogen (secondary N) is 2. The van der Waals surface area contributed by atoms with Crippen molar-refractivity contribution in [2.45, 2.75) is 13.3 Å². The molecule has 1 amide bonds. The normalized spacial score (nSPS) is 12.7. The number of aromatic nitrogens is 3. The minimum absolute atomic E-state index is 0.261. The number of carbonyl (C=O) groups is 1. The van der Waals surface area contributed by atoms with Gasteiger partial charge in [-0.15, -0.1) is 11.3 Å². The number of carbonyl (C=O) groups excluding carboxylic acids is 1. The van der Waals surface area contributed by atoms with Crippen LogP contribution in [0.5, 0.6) is 5.75 Å². The number of benzene rings is 1. The summed E-state index contributed by atoms with van der Waals surface area (Å²) >= 11 is 1.45. The number of anilines is 1. The average Bonchev–Trinajstić information content (AvgIpc) is 3.26. The van der Waals surface area contributed by atoms with Gasteiger partial charge in [-0.1, -0.05) is 0 Å². The van der Waals surface area contributed by atoms with Crippen LogP contribution in [0, 0.1) is 6.92 Å². The van der Waals surface area contributed by atoms with Gasteiger partial charge in [0.25, 0.3) is 5.91 Å². The zero-order valence-corrected chi connectivity index (χ0v) is 13.2. The molecule has 3 aromatic rings. The van der Waals surface area contributed by atoms with E-state index in [9.17, 15) is 4.79 Å². The SMILES string of the molecule is Cc1cc(NC(=O)c2csc(-c3ccc4c(c3)CCO4)n2)n[nH]1. The molecule has 0 saturated carbocycles. The van der Waals surface area contributed by atoms with Gasteiger partial charge in [-0.3, -0.25) is 9.89 Å². The molecule has 0 aliphatic carbocycles. The molecule has 0 fully saturated rings. The monoisotopic (exact) mass is 326 g/mol. The second kappa shape index (κ2) is 5.51. The number of nitrogens with zero attached hydrogens (tertiary/aromatic N) is 2. The lowest BCUT2D eigenvalue weighted by Gasteiger charge is -2.01. The number of aromatic amines is 1. The lowest BCUT2D eigenvalue weighted by Crippen LogP contribution is -2.12. The molecule has 0 radical (unpaired) electrons. The molecule has 0 bridgehead atoms. The van der Waals surface area contributed by atoms with Crippen LogP contribution >= 0.6 is 11.3 Å². The third-order valence-corrected chi connectivity index (χ3v) is 4.51. The smallest absolute Gasteiger partial charge is 0.276 e. The summed E-state index contributed by atoms with van der Waals surface area (Å²) in [4.78, 5) is 16.7. The van der Waals surface area contributed by atoms with E-state index in [4.69, 9.17) is 4.74 Å². The van der Waals surface area contributed by atoms with Gasteiger partial charge in [-0.05, 0) is 30.7 Å². The van der Waals surface area contributed by atoms with Crippen LogP contribution in [0.25, 0.3) is 10.6 Å². The van der Waals surface area contributed by atoms with Gasteiger partial charge in [0.1, 0.15) is 16.5 Å². The number of hydrogen-bond donors (Lipinski definition) is 2. The molecule has 2 aromatic heterocycles. The van der Waals surface area contributed by atoms with E-state index in [-0.39, 0.29) is 5.91 Å². The number of ether oxygens (including phenoxy) is 1. The molecule has 1 aromatic carbocycles. The minimum Gasteiger partial charge on any atom is -0.493 e. The third kappa shape index (κ3) is 2.70. The van der Waals surface area contributed by atoms with Crippen LogP contribution in [-0.2, 0) is 6.42 Å². The first-order valence-electron chi connectivity index (χ1n) is 7.24. The summed E-state index contributed by atoms with van der Waals surface area (Å²) in [5.41, 5.74) is 3.48. The maximum Gasteiger partial charge on any atom is 0.276 e. The summed E-state index contributed by atoms with van der Waals surface area (Å²) in [7, 11) is 0. The predicted octanol–water partition coefficient (Wildman–Crippen LogP) is 3.03. The zero-order valence-electron chi connectivity index (χ0n) is 12.4. The van der Waals surface area contributed by atoms with Gasteiger partial charge >= 0.3 is 0 Å². The maximum absolute atomic E-state index is 12.2. The van der Waals surface area contributed by atoms with E-state index >= 15 is 0 Å². The van der Waals surface area contributed by atoms with Crippen molar-refractivity contribution in [3.05, 3.63) is 46.6 Å². The molecule has 0 saturated heterocycles. The van der Waals surface area contributed by atoms with Gasteiger partial charge in [0.15, 0.2) is 5.82 Å². The highest BCUT2D eigenvalue weighted by Crippen LogP contribution is 2.31. The van der Waals surface area contributed by atoms with Crippen LogP contribution in [0.3, 0.4) is 0 Å². The molecule has 4 rings (SSSR count). The Hall–Kier alpha value is -2.67. The summed E-state index contributed by atoms with van der Waals surface area (Å²) in [6.07, 6.45) is 0.917. The molecule has 7 heteroatoms. The largest absolute Gasteiger partial charge is 0.493 e. The first kappa shape index (κ1) is 14.0. The van der Waals surface area contributed by atoms with Gasteiger partial charge in [0.2, 0.25) is 0 Å². The third-order valence-electron chi connectivity index (χ3n) is 3.62. The van der Waals surface area contributed by atoms with Crippen molar-refractivity contribution in [1.29, 1.82) is 0 Å². The first-order chi connectivity index (χ1) is 11.2. The highest BCUT2D eigenvalue weighted by Gasteiger charge is 2.16. The van der Waals surface area contributed by atoms with Crippen molar-refractivity contribution in [1.82, 2.24) is 15.2 Å². The number of amides is 1. The van der Waals surface area contributed by atoms with Gasteiger partial charge in [0.05, 0.1) is 6.61 Å². The Labute approximate surface area is 136 Å². The number of aryl methyl sites for hydroxylation is 1. The molecular formula is C16H14N4O2S. The second-order valence-electron chi connectivity index (χ2n) is 5.35. The van der Waals surface area contributed by atoms with Gasteiger partial charge in [-0.25, -0.2) is 4.98 Å². The second-order valence-corrected chi connectivity index (χ2v) is 6.21. The number of thiazole rings is 1. The fraction of sp³-hybridized carbons (Fsp3) is 0.188. The van der Waals surface area contributed by atoms with E-state index in [0.29, 0.717) is 11.5 Å². The number of H-pyrrole nitrogens is 1. The molecule has 0 spiro atoms. The Morgan fingerprint density at radius 3 is 3.13 bits per heavy atom. The molecule has 3 heterocycles. The minimum atomic E-state index is -0.261. The molecule has 0 unspecified atom stereocenters. The summed E-state index contributed by atoms with van der Waals surface area (Å²) in [5, 5.41) is 12.1. The molecule has 116 valence electrons.